The molecule has 1 N–H and O–H groups in total. The molecule has 0 amide bonds. The monoisotopic (exact) mass is 263 g/mol. The van der Waals surface area contributed by atoms with Gasteiger partial charge in [0.25, 0.3) is 0 Å². The van der Waals surface area contributed by atoms with E-state index < -0.39 is 0 Å². The highest BCUT2D eigenvalue weighted by atomic mass is 35.5. The number of nitrogens with zero attached hydrogens (tertiary/aromatic N) is 2. The van der Waals surface area contributed by atoms with E-state index in [9.17, 15) is 0 Å². The molecule has 96 valence electrons. The Bertz CT molecular complexity index is 490. The molecule has 1 atom stereocenters. The molecular weight excluding hydrogens is 246 g/mol. The summed E-state index contributed by atoms with van der Waals surface area (Å²) in [7, 11) is 1.93. The number of hydrogen-bond acceptors (Lipinski definition) is 2. The molecule has 0 saturated heterocycles. The van der Waals surface area contributed by atoms with Crippen LogP contribution in [0, 0.1) is 0 Å². The predicted molar refractivity (Wildman–Crippen MR) is 74.7 cm³/mol. The number of benzene rings is 1. The van der Waals surface area contributed by atoms with Crippen molar-refractivity contribution < 1.29 is 0 Å². The average molecular weight is 264 g/mol. The van der Waals surface area contributed by atoms with Crippen LogP contribution in [0.5, 0.6) is 0 Å². The first kappa shape index (κ1) is 13.1. The number of hydrogen-bond donors (Lipinski definition) is 1. The highest BCUT2D eigenvalue weighted by molar-refractivity contribution is 6.30. The Hall–Kier alpha value is -1.32. The van der Waals surface area contributed by atoms with Crippen molar-refractivity contribution >= 4 is 11.6 Å². The summed E-state index contributed by atoms with van der Waals surface area (Å²) in [5, 5.41) is 8.59. The van der Waals surface area contributed by atoms with Crippen molar-refractivity contribution in [3.63, 3.8) is 0 Å². The molecule has 1 aromatic carbocycles. The molecule has 0 saturated carbocycles. The zero-order valence-corrected chi connectivity index (χ0v) is 11.5. The highest BCUT2D eigenvalue weighted by Crippen LogP contribution is 2.11. The summed E-state index contributed by atoms with van der Waals surface area (Å²) in [5.41, 5.74) is 2.36. The lowest BCUT2D eigenvalue weighted by Gasteiger charge is -2.13. The fourth-order valence-corrected chi connectivity index (χ4v) is 2.01. The van der Waals surface area contributed by atoms with Gasteiger partial charge in [-0.3, -0.25) is 4.68 Å². The molecule has 0 bridgehead atoms. The Morgan fingerprint density at radius 2 is 2.00 bits per heavy atom. The molecule has 2 rings (SSSR count). The Balaban J connectivity index is 1.81. The van der Waals surface area contributed by atoms with E-state index in [-0.39, 0.29) is 0 Å². The van der Waals surface area contributed by atoms with Crippen LogP contribution in [0.15, 0.2) is 36.5 Å². The molecule has 18 heavy (non-hydrogen) atoms. The Labute approximate surface area is 113 Å². The van der Waals surface area contributed by atoms with Crippen LogP contribution in [0.3, 0.4) is 0 Å². The molecule has 1 unspecified atom stereocenters. The third kappa shape index (κ3) is 3.86. The molecule has 2 aromatic rings. The van der Waals surface area contributed by atoms with Crippen molar-refractivity contribution in [1.82, 2.24) is 15.1 Å². The topological polar surface area (TPSA) is 29.9 Å². The van der Waals surface area contributed by atoms with Crippen LogP contribution < -0.4 is 5.32 Å². The van der Waals surface area contributed by atoms with Gasteiger partial charge in [-0.15, -0.1) is 0 Å². The van der Waals surface area contributed by atoms with Crippen molar-refractivity contribution in [3.05, 3.63) is 52.8 Å². The summed E-state index contributed by atoms with van der Waals surface area (Å²) in [6.45, 7) is 2.98. The minimum Gasteiger partial charge on any atom is -0.308 e. The summed E-state index contributed by atoms with van der Waals surface area (Å²) >= 11 is 5.87. The van der Waals surface area contributed by atoms with Gasteiger partial charge in [0, 0.05) is 30.9 Å². The SMILES string of the molecule is CC(Cc1ccc(Cl)cc1)NCc1ccn(C)n1. The van der Waals surface area contributed by atoms with Gasteiger partial charge in [-0.05, 0) is 37.1 Å². The van der Waals surface area contributed by atoms with Gasteiger partial charge in [0.1, 0.15) is 0 Å². The zero-order chi connectivity index (χ0) is 13.0. The molecule has 0 radical (unpaired) electrons. The maximum absolute atomic E-state index is 5.87. The lowest BCUT2D eigenvalue weighted by molar-refractivity contribution is 0.536. The lowest BCUT2D eigenvalue weighted by atomic mass is 10.1. The summed E-state index contributed by atoms with van der Waals surface area (Å²) in [6.07, 6.45) is 2.95. The van der Waals surface area contributed by atoms with Gasteiger partial charge in [-0.25, -0.2) is 0 Å². The normalized spacial score (nSPS) is 12.6. The molecular formula is C14H18ClN3. The maximum Gasteiger partial charge on any atom is 0.0762 e. The van der Waals surface area contributed by atoms with Gasteiger partial charge in [0.15, 0.2) is 0 Å². The van der Waals surface area contributed by atoms with Crippen LogP contribution in [0.1, 0.15) is 18.2 Å². The molecule has 0 aliphatic carbocycles. The Kier molecular flexibility index (Phi) is 4.39. The summed E-state index contributed by atoms with van der Waals surface area (Å²) < 4.78 is 1.82. The van der Waals surface area contributed by atoms with E-state index in [1.807, 2.05) is 36.1 Å². The van der Waals surface area contributed by atoms with E-state index in [0.717, 1.165) is 23.7 Å². The highest BCUT2D eigenvalue weighted by Gasteiger charge is 2.04. The molecule has 1 aromatic heterocycles. The van der Waals surface area contributed by atoms with Gasteiger partial charge >= 0.3 is 0 Å². The number of halogens is 1. The number of aryl methyl sites for hydroxylation is 1. The first-order valence-electron chi connectivity index (χ1n) is 6.10. The van der Waals surface area contributed by atoms with E-state index in [2.05, 4.69) is 29.5 Å². The quantitative estimate of drug-likeness (QED) is 0.899. The molecule has 0 aliphatic rings. The minimum atomic E-state index is 0.410. The van der Waals surface area contributed by atoms with Crippen molar-refractivity contribution in [3.8, 4) is 0 Å². The van der Waals surface area contributed by atoms with Crippen LogP contribution in [0.4, 0.5) is 0 Å². The van der Waals surface area contributed by atoms with Crippen LogP contribution in [0.25, 0.3) is 0 Å². The van der Waals surface area contributed by atoms with E-state index in [4.69, 9.17) is 11.6 Å². The third-order valence-corrected chi connectivity index (χ3v) is 3.11. The van der Waals surface area contributed by atoms with Gasteiger partial charge in [0.05, 0.1) is 5.69 Å². The van der Waals surface area contributed by atoms with Crippen LogP contribution in [0.2, 0.25) is 5.02 Å². The second-order valence-electron chi connectivity index (χ2n) is 4.59. The van der Waals surface area contributed by atoms with E-state index in [1.165, 1.54) is 5.56 Å². The number of rotatable bonds is 5. The smallest absolute Gasteiger partial charge is 0.0762 e. The summed E-state index contributed by atoms with van der Waals surface area (Å²) in [6, 6.07) is 10.4. The van der Waals surface area contributed by atoms with Gasteiger partial charge < -0.3 is 5.32 Å². The average Bonchev–Trinajstić information content (AvgIpc) is 2.76. The summed E-state index contributed by atoms with van der Waals surface area (Å²) in [5.74, 6) is 0. The fourth-order valence-electron chi connectivity index (χ4n) is 1.88. The van der Waals surface area contributed by atoms with E-state index in [1.54, 1.807) is 0 Å². The first-order valence-corrected chi connectivity index (χ1v) is 6.47. The Morgan fingerprint density at radius 3 is 2.61 bits per heavy atom. The second kappa shape index (κ2) is 6.03. The van der Waals surface area contributed by atoms with Crippen molar-refractivity contribution in [2.45, 2.75) is 25.9 Å². The van der Waals surface area contributed by atoms with E-state index in [0.29, 0.717) is 6.04 Å². The first-order chi connectivity index (χ1) is 8.63. The van der Waals surface area contributed by atoms with E-state index >= 15 is 0 Å². The summed E-state index contributed by atoms with van der Waals surface area (Å²) in [4.78, 5) is 0. The molecule has 1 heterocycles. The number of aromatic nitrogens is 2. The number of nitrogens with one attached hydrogen (secondary N) is 1. The molecule has 4 heteroatoms. The standard InChI is InChI=1S/C14H18ClN3/c1-11(9-12-3-5-13(15)6-4-12)16-10-14-7-8-18(2)17-14/h3-8,11,16H,9-10H2,1-2H3. The Morgan fingerprint density at radius 1 is 1.28 bits per heavy atom. The van der Waals surface area contributed by atoms with Crippen LogP contribution >= 0.6 is 11.6 Å². The van der Waals surface area contributed by atoms with Gasteiger partial charge in [-0.2, -0.15) is 5.10 Å². The maximum atomic E-state index is 5.87. The van der Waals surface area contributed by atoms with Gasteiger partial charge in [0.2, 0.25) is 0 Å². The lowest BCUT2D eigenvalue weighted by Crippen LogP contribution is -2.27. The van der Waals surface area contributed by atoms with Crippen molar-refractivity contribution in [2.75, 3.05) is 0 Å². The fraction of sp³-hybridized carbons (Fsp3) is 0.357. The molecule has 0 fully saturated rings. The van der Waals surface area contributed by atoms with Crippen LogP contribution in [-0.2, 0) is 20.0 Å². The minimum absolute atomic E-state index is 0.410. The molecule has 3 nitrogen and oxygen atoms in total. The molecule has 0 spiro atoms. The predicted octanol–water partition coefficient (Wildman–Crippen LogP) is 2.79. The largest absolute Gasteiger partial charge is 0.308 e. The van der Waals surface area contributed by atoms with Gasteiger partial charge in [-0.1, -0.05) is 23.7 Å². The van der Waals surface area contributed by atoms with Crippen molar-refractivity contribution in [1.29, 1.82) is 0 Å². The third-order valence-electron chi connectivity index (χ3n) is 2.86. The van der Waals surface area contributed by atoms with Crippen LogP contribution in [-0.4, -0.2) is 15.8 Å². The second-order valence-corrected chi connectivity index (χ2v) is 5.03. The zero-order valence-electron chi connectivity index (χ0n) is 10.7. The molecule has 0 aliphatic heterocycles. The van der Waals surface area contributed by atoms with Crippen molar-refractivity contribution in [2.24, 2.45) is 7.05 Å².